The summed E-state index contributed by atoms with van der Waals surface area (Å²) in [6.45, 7) is 0.389. The van der Waals surface area contributed by atoms with Crippen molar-refractivity contribution in [2.24, 2.45) is 0 Å². The van der Waals surface area contributed by atoms with E-state index in [0.29, 0.717) is 0 Å². The van der Waals surface area contributed by atoms with Gasteiger partial charge in [-0.3, -0.25) is 10.1 Å². The van der Waals surface area contributed by atoms with Crippen molar-refractivity contribution in [2.45, 2.75) is 16.9 Å². The summed E-state index contributed by atoms with van der Waals surface area (Å²) in [5.74, 6) is -2.47. The Labute approximate surface area is 111 Å². The third-order valence-corrected chi connectivity index (χ3v) is 1.45. The van der Waals surface area contributed by atoms with Gasteiger partial charge in [-0.15, -0.1) is 0 Å². The zero-order valence-electron chi connectivity index (χ0n) is 8.41. The summed E-state index contributed by atoms with van der Waals surface area (Å²) in [6.07, 6.45) is -3.07. The molecule has 0 aliphatic carbocycles. The largest absolute Gasteiger partial charge is 0.477 e. The number of aliphatic carboxylic acids is 1. The Bertz CT molecular complexity index is 315. The van der Waals surface area contributed by atoms with E-state index in [-0.39, 0.29) is 0 Å². The first-order valence-corrected chi connectivity index (χ1v) is 5.15. The second-order valence-corrected chi connectivity index (χ2v) is 5.18. The van der Waals surface area contributed by atoms with Gasteiger partial charge in [0, 0.05) is 6.92 Å². The minimum absolute atomic E-state index is 0.587. The molecule has 0 aromatic heterocycles. The van der Waals surface area contributed by atoms with Crippen LogP contribution in [0.15, 0.2) is 0 Å². The number of carboxylic acid groups (broad SMARTS) is 1. The van der Waals surface area contributed by atoms with Gasteiger partial charge in [-0.1, -0.05) is 34.8 Å². The summed E-state index contributed by atoms with van der Waals surface area (Å²) in [7, 11) is 0. The molecule has 1 amide bonds. The number of rotatable bonds is 4. The van der Waals surface area contributed by atoms with Crippen LogP contribution < -0.4 is 5.32 Å². The fraction of sp³-hybridized carbons (Fsp3) is 0.571. The van der Waals surface area contributed by atoms with E-state index in [4.69, 9.17) is 39.9 Å². The highest BCUT2D eigenvalue weighted by Crippen LogP contribution is 2.25. The van der Waals surface area contributed by atoms with Gasteiger partial charge >= 0.3 is 18.0 Å². The Balaban J connectivity index is 4.22. The van der Waals surface area contributed by atoms with Crippen molar-refractivity contribution >= 4 is 52.8 Å². The van der Waals surface area contributed by atoms with Gasteiger partial charge < -0.3 is 14.6 Å². The molecule has 0 fully saturated rings. The zero-order chi connectivity index (χ0) is 13.6. The fourth-order valence-electron chi connectivity index (χ4n) is 0.604. The van der Waals surface area contributed by atoms with Gasteiger partial charge in [0.2, 0.25) is 3.79 Å². The first-order valence-electron chi connectivity index (χ1n) is 4.02. The lowest BCUT2D eigenvalue weighted by molar-refractivity contribution is -0.164. The molecule has 0 aliphatic rings. The summed E-state index contributed by atoms with van der Waals surface area (Å²) in [5, 5.41) is 10.3. The Morgan fingerprint density at radius 1 is 1.35 bits per heavy atom. The molecule has 10 heteroatoms. The molecular weight excluding hydrogens is 300 g/mol. The van der Waals surface area contributed by atoms with Crippen LogP contribution in [-0.4, -0.2) is 39.8 Å². The minimum atomic E-state index is -1.87. The van der Waals surface area contributed by atoms with Crippen LogP contribution in [0.2, 0.25) is 0 Å². The zero-order valence-corrected chi connectivity index (χ0v) is 10.7. The fourth-order valence-corrected chi connectivity index (χ4v) is 0.767. The number of carbonyl (C=O) groups is 3. The number of alkyl carbamates (subject to hydrolysis) is 1. The van der Waals surface area contributed by atoms with Crippen molar-refractivity contribution < 1.29 is 29.0 Å². The van der Waals surface area contributed by atoms with Crippen LogP contribution in [0.3, 0.4) is 0 Å². The van der Waals surface area contributed by atoms with Crippen LogP contribution in [0, 0.1) is 0 Å². The Morgan fingerprint density at radius 3 is 2.24 bits per heavy atom. The Hall–Kier alpha value is -0.920. The first-order chi connectivity index (χ1) is 7.61. The summed E-state index contributed by atoms with van der Waals surface area (Å²) >= 11 is 15.9. The monoisotopic (exact) mass is 307 g/mol. The van der Waals surface area contributed by atoms with Crippen LogP contribution >= 0.6 is 34.8 Å². The van der Waals surface area contributed by atoms with Crippen LogP contribution in [0.25, 0.3) is 0 Å². The molecule has 0 rings (SSSR count). The van der Waals surface area contributed by atoms with Crippen LogP contribution in [0.1, 0.15) is 6.92 Å². The van der Waals surface area contributed by atoms with E-state index < -0.39 is 34.7 Å². The van der Waals surface area contributed by atoms with Crippen molar-refractivity contribution in [3.63, 3.8) is 0 Å². The van der Waals surface area contributed by atoms with Crippen LogP contribution in [-0.2, 0) is 19.1 Å². The van der Waals surface area contributed by atoms with Crippen molar-refractivity contribution in [2.75, 3.05) is 6.61 Å². The van der Waals surface area contributed by atoms with Gasteiger partial charge in [-0.2, -0.15) is 0 Å². The SMILES string of the molecule is CC(=O)OC(NC(=O)OCC(Cl)(Cl)Cl)C(=O)O. The summed E-state index contributed by atoms with van der Waals surface area (Å²) in [6, 6.07) is 0. The number of hydrogen-bond acceptors (Lipinski definition) is 5. The number of amides is 1. The van der Waals surface area contributed by atoms with E-state index in [9.17, 15) is 14.4 Å². The molecule has 0 spiro atoms. The van der Waals surface area contributed by atoms with Gasteiger partial charge in [0.25, 0.3) is 6.23 Å². The van der Waals surface area contributed by atoms with Gasteiger partial charge in [0.1, 0.15) is 6.61 Å². The molecule has 0 bridgehead atoms. The van der Waals surface area contributed by atoms with E-state index in [1.165, 1.54) is 0 Å². The number of esters is 1. The Morgan fingerprint density at radius 2 is 1.88 bits per heavy atom. The maximum absolute atomic E-state index is 11.0. The predicted octanol–water partition coefficient (Wildman–Crippen LogP) is 1.06. The van der Waals surface area contributed by atoms with E-state index >= 15 is 0 Å². The molecule has 0 aromatic rings. The highest BCUT2D eigenvalue weighted by molar-refractivity contribution is 6.67. The molecular formula is C7H8Cl3NO6. The third kappa shape index (κ3) is 8.84. The lowest BCUT2D eigenvalue weighted by atomic mass is 10.5. The summed E-state index contributed by atoms with van der Waals surface area (Å²) < 4.78 is 6.81. The molecule has 1 unspecified atom stereocenters. The quantitative estimate of drug-likeness (QED) is 0.457. The normalized spacial score (nSPS) is 12.5. The molecule has 7 nitrogen and oxygen atoms in total. The van der Waals surface area contributed by atoms with Gasteiger partial charge in [0.15, 0.2) is 0 Å². The Kier molecular flexibility index (Phi) is 6.36. The average Bonchev–Trinajstić information content (AvgIpc) is 2.11. The second kappa shape index (κ2) is 6.73. The molecule has 98 valence electrons. The van der Waals surface area contributed by atoms with Crippen molar-refractivity contribution in [3.8, 4) is 0 Å². The number of carbonyl (C=O) groups excluding carboxylic acids is 2. The molecule has 17 heavy (non-hydrogen) atoms. The van der Waals surface area contributed by atoms with Crippen molar-refractivity contribution in [1.82, 2.24) is 5.32 Å². The highest BCUT2D eigenvalue weighted by atomic mass is 35.6. The molecule has 1 atom stereocenters. The van der Waals surface area contributed by atoms with Crippen LogP contribution in [0.4, 0.5) is 4.79 Å². The number of alkyl halides is 3. The van der Waals surface area contributed by atoms with E-state index in [2.05, 4.69) is 9.47 Å². The van der Waals surface area contributed by atoms with Gasteiger partial charge in [-0.05, 0) is 0 Å². The molecule has 0 radical (unpaired) electrons. The highest BCUT2D eigenvalue weighted by Gasteiger charge is 2.26. The van der Waals surface area contributed by atoms with E-state index in [1.807, 2.05) is 0 Å². The molecule has 0 saturated carbocycles. The smallest absolute Gasteiger partial charge is 0.410 e. The molecule has 0 aliphatic heterocycles. The number of nitrogens with one attached hydrogen (secondary N) is 1. The number of halogens is 3. The standard InChI is InChI=1S/C7H8Cl3NO6/c1-3(12)17-4(5(13)14)11-6(15)16-2-7(8,9)10/h4H,2H2,1H3,(H,11,15)(H,13,14). The van der Waals surface area contributed by atoms with Gasteiger partial charge in [-0.25, -0.2) is 9.59 Å². The van der Waals surface area contributed by atoms with E-state index in [1.54, 1.807) is 5.32 Å². The molecule has 2 N–H and O–H groups in total. The topological polar surface area (TPSA) is 102 Å². The van der Waals surface area contributed by atoms with Crippen molar-refractivity contribution in [1.29, 1.82) is 0 Å². The minimum Gasteiger partial charge on any atom is -0.477 e. The number of carboxylic acids is 1. The summed E-state index contributed by atoms with van der Waals surface area (Å²) in [4.78, 5) is 32.1. The number of ether oxygens (including phenoxy) is 2. The second-order valence-electron chi connectivity index (χ2n) is 2.66. The lowest BCUT2D eigenvalue weighted by Gasteiger charge is -2.15. The molecule has 0 saturated heterocycles. The maximum Gasteiger partial charge on any atom is 0.410 e. The van der Waals surface area contributed by atoms with Crippen molar-refractivity contribution in [3.05, 3.63) is 0 Å². The maximum atomic E-state index is 11.0. The average molecular weight is 309 g/mol. The number of hydrogen-bond donors (Lipinski definition) is 2. The lowest BCUT2D eigenvalue weighted by Crippen LogP contribution is -2.44. The molecule has 0 aromatic carbocycles. The summed E-state index contributed by atoms with van der Waals surface area (Å²) in [5.41, 5.74) is 0. The van der Waals surface area contributed by atoms with Crippen LogP contribution in [0.5, 0.6) is 0 Å². The predicted molar refractivity (Wildman–Crippen MR) is 58.0 cm³/mol. The third-order valence-electron chi connectivity index (χ3n) is 1.12. The first kappa shape index (κ1) is 16.1. The van der Waals surface area contributed by atoms with E-state index in [0.717, 1.165) is 6.92 Å². The van der Waals surface area contributed by atoms with Gasteiger partial charge in [0.05, 0.1) is 0 Å². The molecule has 0 heterocycles.